The minimum absolute atomic E-state index is 0.0245. The average Bonchev–Trinajstić information content (AvgIpc) is 3.83. The van der Waals surface area contributed by atoms with Crippen molar-refractivity contribution in [3.05, 3.63) is 40.4 Å². The summed E-state index contributed by atoms with van der Waals surface area (Å²) < 4.78 is 103. The lowest BCUT2D eigenvalue weighted by molar-refractivity contribution is -0.880. The zero-order valence-corrected chi connectivity index (χ0v) is 39.2. The number of carboxylic acids is 1. The molecule has 1 aromatic rings. The van der Waals surface area contributed by atoms with Crippen molar-refractivity contribution in [3.63, 3.8) is 0 Å². The molecule has 2 N–H and O–H groups in total. The monoisotopic (exact) mass is 964 g/mol. The number of quaternary nitrogens is 2. The Morgan fingerprint density at radius 1 is 0.939 bits per heavy atom. The average molecular weight is 965 g/mol. The Hall–Kier alpha value is -4.81. The number of carbonyl (C=O) groups is 6. The molecule has 370 valence electrons. The molecule has 1 fully saturated rings. The Balaban J connectivity index is 0.00000152. The molecule has 3 aliphatic rings. The van der Waals surface area contributed by atoms with E-state index in [1.54, 1.807) is 13.0 Å². The SMILES string of the molecule is CCCCC1=CC(CCC(=O)NC(CS(=O)(=O)[O-])C(=O)CCC[NH+](C)CCCCCC(=O)ON2C(=O)CCC2=O)=[N+]2C1=Cc1c(CCC[N+](C)(C)C)cc(C)n1[B-]2(F)F.O=C([O-])C(F)(F)F. The van der Waals surface area contributed by atoms with Crippen LogP contribution >= 0.6 is 0 Å². The number of ketones is 1. The Kier molecular flexibility index (Phi) is 20.0. The highest BCUT2D eigenvalue weighted by molar-refractivity contribution is 7.85. The predicted octanol–water partition coefficient (Wildman–Crippen LogP) is 1.74. The first-order chi connectivity index (χ1) is 30.5. The van der Waals surface area contributed by atoms with Gasteiger partial charge < -0.3 is 51.6 Å². The molecule has 1 aromatic heterocycles. The normalized spacial score (nSPS) is 16.8. The Morgan fingerprint density at radius 2 is 1.56 bits per heavy atom. The molecule has 0 bridgehead atoms. The Morgan fingerprint density at radius 3 is 2.14 bits per heavy atom. The molecule has 3 amide bonds. The first-order valence-electron chi connectivity index (χ1n) is 22.1. The lowest BCUT2D eigenvalue weighted by Gasteiger charge is -2.31. The third-order valence-corrected chi connectivity index (χ3v) is 11.9. The van der Waals surface area contributed by atoms with Crippen LogP contribution in [0.15, 0.2) is 23.4 Å². The number of nitrogens with zero attached hydrogens (tertiary/aromatic N) is 4. The van der Waals surface area contributed by atoms with E-state index in [2.05, 4.69) is 26.5 Å². The second-order valence-electron chi connectivity index (χ2n) is 17.9. The number of fused-ring (bicyclic) bond motifs is 2. The fraction of sp³-hybridized carbons (Fsp3) is 0.643. The smallest absolute Gasteiger partial charge is 0.737 e. The number of alkyl halides is 3. The van der Waals surface area contributed by atoms with E-state index in [9.17, 15) is 50.1 Å². The highest BCUT2D eigenvalue weighted by atomic mass is 32.2. The van der Waals surface area contributed by atoms with Crippen molar-refractivity contribution in [2.24, 2.45) is 0 Å². The maximum atomic E-state index is 16.7. The molecule has 0 spiro atoms. The quantitative estimate of drug-likeness (QED) is 0.0359. The van der Waals surface area contributed by atoms with Crippen LogP contribution in [0.5, 0.6) is 0 Å². The van der Waals surface area contributed by atoms with Crippen LogP contribution in [0.25, 0.3) is 6.08 Å². The van der Waals surface area contributed by atoms with Gasteiger partial charge in [0, 0.05) is 74.8 Å². The van der Waals surface area contributed by atoms with Gasteiger partial charge >= 0.3 is 19.1 Å². The molecule has 0 radical (unpaired) electrons. The molecule has 66 heavy (non-hydrogen) atoms. The van der Waals surface area contributed by atoms with Crippen LogP contribution < -0.4 is 15.3 Å². The summed E-state index contributed by atoms with van der Waals surface area (Å²) in [7, 11) is 3.29. The molecule has 2 atom stereocenters. The van der Waals surface area contributed by atoms with E-state index in [4.69, 9.17) is 14.7 Å². The lowest BCUT2D eigenvalue weighted by atomic mass is 9.88. The first kappa shape index (κ1) is 55.5. The minimum atomic E-state index is -5.19. The summed E-state index contributed by atoms with van der Waals surface area (Å²) in [5, 5.41) is 11.7. The lowest BCUT2D eigenvalue weighted by Crippen LogP contribution is -3.09. The number of aliphatic carboxylic acids is 1. The van der Waals surface area contributed by atoms with Crippen molar-refractivity contribution in [3.8, 4) is 0 Å². The maximum Gasteiger partial charge on any atom is 0.737 e. The van der Waals surface area contributed by atoms with Gasteiger partial charge in [-0.25, -0.2) is 13.2 Å². The van der Waals surface area contributed by atoms with Crippen molar-refractivity contribution >= 4 is 64.3 Å². The number of Topliss-reactive ketones (excluding diaryl/α,β-unsaturated/α-hetero) is 1. The predicted molar refractivity (Wildman–Crippen MR) is 228 cm³/mol. The molecular weight excluding hydrogens is 902 g/mol. The molecule has 0 saturated carbocycles. The van der Waals surface area contributed by atoms with Crippen LogP contribution in [0.3, 0.4) is 0 Å². The van der Waals surface area contributed by atoms with Crippen LogP contribution in [0.1, 0.15) is 114 Å². The van der Waals surface area contributed by atoms with Crippen molar-refractivity contribution in [1.29, 1.82) is 0 Å². The molecule has 24 heteroatoms. The number of unbranched alkanes of at least 4 members (excludes halogenated alkanes) is 3. The van der Waals surface area contributed by atoms with Gasteiger partial charge in [-0.1, -0.05) is 13.3 Å². The van der Waals surface area contributed by atoms with Gasteiger partial charge in [-0.15, -0.1) is 5.06 Å². The van der Waals surface area contributed by atoms with E-state index in [1.165, 1.54) is 0 Å². The summed E-state index contributed by atoms with van der Waals surface area (Å²) >= 11 is 0. The van der Waals surface area contributed by atoms with Crippen LogP contribution in [0.2, 0.25) is 0 Å². The van der Waals surface area contributed by atoms with Gasteiger partial charge in [0.15, 0.2) is 11.5 Å². The first-order valence-corrected chi connectivity index (χ1v) is 23.7. The highest BCUT2D eigenvalue weighted by Crippen LogP contribution is 2.39. The Labute approximate surface area is 382 Å². The van der Waals surface area contributed by atoms with Crippen molar-refractivity contribution < 1.29 is 87.4 Å². The highest BCUT2D eigenvalue weighted by Gasteiger charge is 2.54. The van der Waals surface area contributed by atoms with E-state index in [0.717, 1.165) is 61.7 Å². The second-order valence-corrected chi connectivity index (χ2v) is 19.4. The number of hydrogen-bond acceptors (Lipinski definition) is 11. The number of amides is 3. The van der Waals surface area contributed by atoms with E-state index >= 15 is 8.63 Å². The summed E-state index contributed by atoms with van der Waals surface area (Å²) in [5.41, 5.74) is 3.26. The number of rotatable bonds is 25. The molecule has 0 aliphatic carbocycles. The standard InChI is InChI=1S/C40H61BF2N6O9S.C2HF3O2/c1-7-8-14-31-26-32(47-35(31)27-34-30(15-13-24-49(4,5)6)25-29(2)46(34)41(47,42)43)18-19-37(51)44-33(28-59(55,56)57)36(50)16-12-23-45(3)22-11-9-10-17-40(54)58-48-38(52)20-21-39(48)53;3-2(4,5)1(6)7/h25-27,33H,7-24,28H2,1-6H3,(H-,44,51,55,56,57);(H,6,7). The number of nitrogens with one attached hydrogen (secondary N) is 2. The number of hydrogen-bond donors (Lipinski definition) is 2. The van der Waals surface area contributed by atoms with Crippen molar-refractivity contribution in [2.45, 2.75) is 122 Å². The maximum absolute atomic E-state index is 16.7. The molecule has 17 nitrogen and oxygen atoms in total. The molecule has 4 rings (SSSR count). The molecule has 4 heterocycles. The van der Waals surface area contributed by atoms with Crippen LogP contribution in [-0.4, -0.2) is 145 Å². The third kappa shape index (κ3) is 16.8. The zero-order chi connectivity index (χ0) is 49.8. The summed E-state index contributed by atoms with van der Waals surface area (Å²) in [5.74, 6) is -7.19. The Bertz CT molecular complexity index is 2170. The van der Waals surface area contributed by atoms with Crippen LogP contribution in [-0.2, 0) is 50.1 Å². The van der Waals surface area contributed by atoms with Crippen molar-refractivity contribution in [2.75, 3.05) is 53.6 Å². The zero-order valence-electron chi connectivity index (χ0n) is 38.4. The van der Waals surface area contributed by atoms with E-state index < -0.39 is 70.5 Å². The number of imide groups is 1. The number of allylic oxidation sites excluding steroid dienone is 2. The number of carboxylic acid groups (broad SMARTS) is 1. The number of hydroxylamine groups is 2. The number of aromatic nitrogens is 1. The van der Waals surface area contributed by atoms with Gasteiger partial charge in [0.05, 0.1) is 63.7 Å². The fourth-order valence-electron chi connectivity index (χ4n) is 7.92. The fourth-order valence-corrected chi connectivity index (χ4v) is 8.59. The second kappa shape index (κ2) is 23.8. The van der Waals surface area contributed by atoms with Gasteiger partial charge in [0.1, 0.15) is 17.7 Å². The van der Waals surface area contributed by atoms with Gasteiger partial charge in [0.2, 0.25) is 5.91 Å². The summed E-state index contributed by atoms with van der Waals surface area (Å²) in [6.07, 6.45) is 3.95. The largest absolute Gasteiger partial charge is 0.748 e. The van der Waals surface area contributed by atoms with Crippen LogP contribution in [0.4, 0.5) is 21.8 Å². The molecular formula is C42H62BF5N6O11S. The summed E-state index contributed by atoms with van der Waals surface area (Å²) in [4.78, 5) is 76.3. The number of carbonyl (C=O) groups excluding carboxylic acids is 6. The topological polar surface area (TPSA) is 220 Å². The van der Waals surface area contributed by atoms with Gasteiger partial charge in [-0.05, 0) is 62.8 Å². The molecule has 0 aromatic carbocycles. The summed E-state index contributed by atoms with van der Waals surface area (Å²) in [6, 6.07) is 0.262. The van der Waals surface area contributed by atoms with Gasteiger partial charge in [0.25, 0.3) is 11.8 Å². The minimum Gasteiger partial charge on any atom is -0.748 e. The number of halogens is 5. The van der Waals surface area contributed by atoms with Gasteiger partial charge in [-0.2, -0.15) is 13.2 Å². The molecule has 3 aliphatic heterocycles. The van der Waals surface area contributed by atoms with Gasteiger partial charge in [-0.3, -0.25) is 19.2 Å². The van der Waals surface area contributed by atoms with Crippen LogP contribution in [0, 0.1) is 6.92 Å². The summed E-state index contributed by atoms with van der Waals surface area (Å²) in [6.45, 7) is 1.51. The van der Waals surface area contributed by atoms with E-state index in [1.807, 2.05) is 26.1 Å². The molecule has 2 unspecified atom stereocenters. The third-order valence-electron chi connectivity index (χ3n) is 11.2. The van der Waals surface area contributed by atoms with E-state index in [-0.39, 0.29) is 44.2 Å². The molecule has 1 saturated heterocycles. The number of aryl methyl sites for hydroxylation is 2. The van der Waals surface area contributed by atoms with E-state index in [0.29, 0.717) is 67.3 Å². The van der Waals surface area contributed by atoms with Crippen molar-refractivity contribution in [1.82, 2.24) is 14.9 Å².